The first-order valence-electron chi connectivity index (χ1n) is 22.3. The number of benzene rings is 4. The quantitative estimate of drug-likeness (QED) is 0.0519. The van der Waals surface area contributed by atoms with E-state index in [4.69, 9.17) is 28.4 Å². The SMILES string of the molecule is O=C(O)C1O[C@@H](Oc2cccc(-c3ccc([C@@H]4[C@@H](S(=O)(=O)C[C@H](O[C@@H]5OC(C(=O)O)[C@@H](O)C(O)C5O)c5ccc(F)cc5)C(=O)N4c4ccccc4)c(O[C@@H]4OC(C(=O)O)[C@@H](O)C(O)C4O)c3)c2)C(O)C(O)[C@@H]1O. The first kappa shape index (κ1) is 54.0. The summed E-state index contributed by atoms with van der Waals surface area (Å²) >= 11 is 0. The Morgan fingerprint density at radius 1 is 0.581 bits per heavy atom. The number of carbonyl (C=O) groups excluding carboxylic acids is 1. The number of hydrogen-bond donors (Lipinski definition) is 12. The van der Waals surface area contributed by atoms with Crippen LogP contribution in [0.4, 0.5) is 10.1 Å². The number of ether oxygens (including phenoxy) is 6. The van der Waals surface area contributed by atoms with Crippen LogP contribution in [-0.4, -0.2) is 197 Å². The molecule has 0 aliphatic carbocycles. The zero-order chi connectivity index (χ0) is 53.7. The van der Waals surface area contributed by atoms with Crippen LogP contribution in [0.25, 0.3) is 11.1 Å². The zero-order valence-electron chi connectivity index (χ0n) is 37.8. The Morgan fingerprint density at radius 3 is 1.62 bits per heavy atom. The largest absolute Gasteiger partial charge is 0.479 e. The molecule has 9 unspecified atom stereocenters. The van der Waals surface area contributed by atoms with E-state index in [9.17, 15) is 93.3 Å². The second kappa shape index (κ2) is 21.5. The molecule has 0 bridgehead atoms. The summed E-state index contributed by atoms with van der Waals surface area (Å²) in [6.07, 6.45) is -33.4. The van der Waals surface area contributed by atoms with Gasteiger partial charge in [-0.2, -0.15) is 0 Å². The van der Waals surface area contributed by atoms with Crippen LogP contribution in [0, 0.1) is 5.82 Å². The number of anilines is 1. The van der Waals surface area contributed by atoms with Crippen LogP contribution >= 0.6 is 0 Å². The van der Waals surface area contributed by atoms with Crippen LogP contribution in [0.3, 0.4) is 0 Å². The van der Waals surface area contributed by atoms with Gasteiger partial charge in [0, 0.05) is 11.3 Å². The summed E-state index contributed by atoms with van der Waals surface area (Å²) in [5.41, 5.74) is 0.196. The van der Waals surface area contributed by atoms with E-state index < -0.39 is 160 Å². The molecule has 0 saturated carbocycles. The number of β-lactam (4-membered cyclic amide) rings is 1. The highest BCUT2D eigenvalue weighted by Gasteiger charge is 2.58. The van der Waals surface area contributed by atoms with Gasteiger partial charge in [-0.3, -0.25) is 4.79 Å². The van der Waals surface area contributed by atoms with Crippen LogP contribution in [0.1, 0.15) is 23.3 Å². The van der Waals surface area contributed by atoms with Gasteiger partial charge in [0.1, 0.15) is 72.3 Å². The molecule has 0 spiro atoms. The Labute approximate surface area is 416 Å². The third kappa shape index (κ3) is 10.5. The van der Waals surface area contributed by atoms with E-state index in [-0.39, 0.29) is 33.7 Å². The van der Waals surface area contributed by atoms with Gasteiger partial charge >= 0.3 is 17.9 Å². The number of sulfone groups is 1. The lowest BCUT2D eigenvalue weighted by Gasteiger charge is -2.47. The van der Waals surface area contributed by atoms with Gasteiger partial charge in [-0.05, 0) is 59.2 Å². The van der Waals surface area contributed by atoms with E-state index in [0.29, 0.717) is 0 Å². The molecule has 4 aromatic rings. The molecule has 4 saturated heterocycles. The van der Waals surface area contributed by atoms with Crippen LogP contribution in [0.2, 0.25) is 0 Å². The highest BCUT2D eigenvalue weighted by Crippen LogP contribution is 2.48. The van der Waals surface area contributed by atoms with Gasteiger partial charge in [0.05, 0.1) is 17.9 Å². The summed E-state index contributed by atoms with van der Waals surface area (Å²) in [7, 11) is -4.97. The summed E-state index contributed by atoms with van der Waals surface area (Å²) in [6.45, 7) is 0. The molecule has 4 heterocycles. The topological polar surface area (TPSA) is 404 Å². The normalized spacial score (nSPS) is 33.7. The third-order valence-corrected chi connectivity index (χ3v) is 14.8. The Bertz CT molecular complexity index is 2830. The number of aliphatic hydroxyl groups excluding tert-OH is 9. The maximum atomic E-state index is 15.0. The average molecular weight is 1060 g/mol. The molecule has 8 rings (SSSR count). The van der Waals surface area contributed by atoms with Gasteiger partial charge in [-0.25, -0.2) is 27.2 Å². The summed E-state index contributed by atoms with van der Waals surface area (Å²) in [4.78, 5) is 51.3. The number of aliphatic hydroxyl groups is 9. The van der Waals surface area contributed by atoms with E-state index in [1.807, 2.05) is 0 Å². The third-order valence-electron chi connectivity index (χ3n) is 12.8. The first-order valence-corrected chi connectivity index (χ1v) is 24.1. The second-order valence-electron chi connectivity index (χ2n) is 17.6. The Morgan fingerprint density at radius 2 is 1.08 bits per heavy atom. The summed E-state index contributed by atoms with van der Waals surface area (Å²) in [5.74, 6) is -8.84. The van der Waals surface area contributed by atoms with Crippen molar-refractivity contribution in [3.05, 3.63) is 114 Å². The molecule has 398 valence electrons. The number of nitrogens with zero attached hydrogens (tertiary/aromatic N) is 1. The van der Waals surface area contributed by atoms with Crippen molar-refractivity contribution in [2.45, 2.75) is 110 Å². The molecule has 4 aromatic carbocycles. The minimum atomic E-state index is -4.97. The molecular formula is C47H48FNO24S. The number of carbonyl (C=O) groups is 4. The van der Waals surface area contributed by atoms with Crippen molar-refractivity contribution < 1.29 is 122 Å². The molecular weight excluding hydrogens is 1010 g/mol. The van der Waals surface area contributed by atoms with Crippen LogP contribution < -0.4 is 14.4 Å². The molecule has 0 radical (unpaired) electrons. The molecule has 4 aliphatic rings. The van der Waals surface area contributed by atoms with Gasteiger partial charge in [-0.15, -0.1) is 0 Å². The molecule has 12 N–H and O–H groups in total. The molecule has 74 heavy (non-hydrogen) atoms. The smallest absolute Gasteiger partial charge is 0.335 e. The van der Waals surface area contributed by atoms with Crippen molar-refractivity contribution in [2.24, 2.45) is 0 Å². The fraction of sp³-hybridized carbons (Fsp3) is 0.404. The number of aliphatic carboxylic acids is 3. The van der Waals surface area contributed by atoms with Crippen molar-refractivity contribution in [3.63, 3.8) is 0 Å². The van der Waals surface area contributed by atoms with Crippen molar-refractivity contribution in [1.29, 1.82) is 0 Å². The van der Waals surface area contributed by atoms with Crippen LogP contribution in [0.5, 0.6) is 11.5 Å². The maximum Gasteiger partial charge on any atom is 0.335 e. The fourth-order valence-corrected chi connectivity index (χ4v) is 10.9. The van der Waals surface area contributed by atoms with Gasteiger partial charge < -0.3 is 94.6 Å². The van der Waals surface area contributed by atoms with E-state index in [1.165, 1.54) is 66.7 Å². The number of carboxylic acid groups (broad SMARTS) is 3. The van der Waals surface area contributed by atoms with E-state index >= 15 is 0 Å². The molecule has 27 heteroatoms. The predicted octanol–water partition coefficient (Wildman–Crippen LogP) is -2.44. The van der Waals surface area contributed by atoms with E-state index in [1.54, 1.807) is 6.07 Å². The number of para-hydroxylation sites is 1. The standard InChI is InChI=1S/C47H48FNO24S/c48-21-12-9-18(10-13-21)26(70-47-36(58)30(52)33(55)39(73-47)44(64)65)17-74(66,67)40-27(49(41(40)59)22-6-2-1-3-7-22)24-14-11-20(16-25(24)69-46-35(57)29(51)32(54)38(72-46)43(62)63)19-5-4-8-23(15-19)68-45-34(56)28(50)31(53)37(71-45)42(60)61/h1-16,26-40,45-47,50-58H,17H2,(H,60,61)(H,62,63)(H,64,65)/t26-,27+,28?,29?,30?,31-,32-,33-,34?,35?,36?,37?,38?,39?,40+,45+,46+,47+/m0/s1. The van der Waals surface area contributed by atoms with E-state index in [0.717, 1.165) is 29.2 Å². The fourth-order valence-electron chi connectivity index (χ4n) is 8.89. The van der Waals surface area contributed by atoms with Gasteiger partial charge in [0.15, 0.2) is 39.7 Å². The van der Waals surface area contributed by atoms with Crippen LogP contribution in [-0.2, 0) is 48.0 Å². The van der Waals surface area contributed by atoms with Gasteiger partial charge in [0.25, 0.3) is 0 Å². The van der Waals surface area contributed by atoms with Crippen molar-refractivity contribution in [1.82, 2.24) is 0 Å². The first-order chi connectivity index (χ1) is 35.0. The number of amides is 1. The minimum absolute atomic E-state index is 0.113. The average Bonchev–Trinajstić information content (AvgIpc) is 3.36. The predicted molar refractivity (Wildman–Crippen MR) is 241 cm³/mol. The monoisotopic (exact) mass is 1060 g/mol. The van der Waals surface area contributed by atoms with Crippen molar-refractivity contribution in [2.75, 3.05) is 10.7 Å². The molecule has 4 fully saturated rings. The summed E-state index contributed by atoms with van der Waals surface area (Å²) in [6, 6.07) is 19.4. The van der Waals surface area contributed by atoms with E-state index in [2.05, 4.69) is 0 Å². The highest BCUT2D eigenvalue weighted by molar-refractivity contribution is 7.93. The minimum Gasteiger partial charge on any atom is -0.479 e. The molecule has 1 amide bonds. The Hall–Kier alpha value is -6.28. The lowest BCUT2D eigenvalue weighted by molar-refractivity contribution is -0.303. The zero-order valence-corrected chi connectivity index (χ0v) is 38.7. The number of rotatable bonds is 16. The number of hydrogen-bond acceptors (Lipinski definition) is 21. The van der Waals surface area contributed by atoms with Gasteiger partial charge in [0.2, 0.25) is 18.5 Å². The molecule has 4 aliphatic heterocycles. The summed E-state index contributed by atoms with van der Waals surface area (Å²) < 4.78 is 77.8. The summed E-state index contributed by atoms with van der Waals surface area (Å²) in [5, 5.41) is 122. The Balaban J connectivity index is 1.21. The Kier molecular flexibility index (Phi) is 15.7. The lowest BCUT2D eigenvalue weighted by atomic mass is 9.90. The van der Waals surface area contributed by atoms with Crippen molar-refractivity contribution in [3.8, 4) is 22.6 Å². The second-order valence-corrected chi connectivity index (χ2v) is 19.8. The molecule has 0 aromatic heterocycles. The number of carboxylic acids is 3. The highest BCUT2D eigenvalue weighted by atomic mass is 32.2. The number of halogens is 1. The lowest BCUT2D eigenvalue weighted by Crippen LogP contribution is -2.63. The van der Waals surface area contributed by atoms with Crippen LogP contribution in [0.15, 0.2) is 97.1 Å². The molecule has 25 nitrogen and oxygen atoms in total. The molecule has 18 atom stereocenters. The maximum absolute atomic E-state index is 15.0. The van der Waals surface area contributed by atoms with Crippen molar-refractivity contribution >= 4 is 39.3 Å². The van der Waals surface area contributed by atoms with Gasteiger partial charge in [-0.1, -0.05) is 54.6 Å².